The number of carbonyl (C=O) groups excluding carboxylic acids is 1. The summed E-state index contributed by atoms with van der Waals surface area (Å²) >= 11 is 0. The first-order valence-corrected chi connectivity index (χ1v) is 6.89. The predicted molar refractivity (Wildman–Crippen MR) is 73.0 cm³/mol. The summed E-state index contributed by atoms with van der Waals surface area (Å²) in [5.74, 6) is 1.07. The van der Waals surface area contributed by atoms with Gasteiger partial charge in [-0.15, -0.1) is 0 Å². The molecule has 104 valence electrons. The molecule has 0 amide bonds. The van der Waals surface area contributed by atoms with Crippen molar-refractivity contribution >= 4 is 5.78 Å². The lowest BCUT2D eigenvalue weighted by molar-refractivity contribution is 0.0835. The molecule has 0 aliphatic heterocycles. The molecule has 0 bridgehead atoms. The normalized spacial score (nSPS) is 27.1. The van der Waals surface area contributed by atoms with Gasteiger partial charge in [0.05, 0.1) is 7.11 Å². The van der Waals surface area contributed by atoms with Gasteiger partial charge < -0.3 is 4.74 Å². The van der Waals surface area contributed by atoms with Crippen molar-refractivity contribution in [2.24, 2.45) is 17.8 Å². The SMILES string of the molecule is COc1cc(C(=O)C2CC(C)CC(C)C2)ccc1F. The number of hydrogen-bond acceptors (Lipinski definition) is 2. The summed E-state index contributed by atoms with van der Waals surface area (Å²) in [4.78, 5) is 12.5. The fourth-order valence-electron chi connectivity index (χ4n) is 3.21. The summed E-state index contributed by atoms with van der Waals surface area (Å²) in [5, 5.41) is 0. The Kier molecular flexibility index (Phi) is 4.23. The van der Waals surface area contributed by atoms with E-state index < -0.39 is 5.82 Å². The van der Waals surface area contributed by atoms with Crippen LogP contribution in [0.4, 0.5) is 4.39 Å². The molecule has 0 aromatic heterocycles. The van der Waals surface area contributed by atoms with Gasteiger partial charge in [-0.05, 0) is 49.3 Å². The highest BCUT2D eigenvalue weighted by Gasteiger charge is 2.29. The number of methoxy groups -OCH3 is 1. The van der Waals surface area contributed by atoms with Gasteiger partial charge >= 0.3 is 0 Å². The second-order valence-corrected chi connectivity index (χ2v) is 5.83. The molecule has 1 aromatic rings. The Morgan fingerprint density at radius 2 is 1.84 bits per heavy atom. The monoisotopic (exact) mass is 264 g/mol. The van der Waals surface area contributed by atoms with E-state index >= 15 is 0 Å². The highest BCUT2D eigenvalue weighted by Crippen LogP contribution is 2.35. The molecule has 2 rings (SSSR count). The van der Waals surface area contributed by atoms with E-state index in [2.05, 4.69) is 13.8 Å². The van der Waals surface area contributed by atoms with Gasteiger partial charge in [-0.1, -0.05) is 13.8 Å². The largest absolute Gasteiger partial charge is 0.494 e. The minimum absolute atomic E-state index is 0.0638. The van der Waals surface area contributed by atoms with Crippen molar-refractivity contribution in [3.8, 4) is 5.75 Å². The van der Waals surface area contributed by atoms with Crippen LogP contribution in [0.2, 0.25) is 0 Å². The zero-order valence-corrected chi connectivity index (χ0v) is 11.8. The molecule has 1 aliphatic carbocycles. The molecule has 1 aromatic carbocycles. The second kappa shape index (κ2) is 5.72. The summed E-state index contributed by atoms with van der Waals surface area (Å²) in [7, 11) is 1.41. The number of carbonyl (C=O) groups is 1. The molecular weight excluding hydrogens is 243 g/mol. The third kappa shape index (κ3) is 3.14. The first-order valence-electron chi connectivity index (χ1n) is 6.89. The second-order valence-electron chi connectivity index (χ2n) is 5.83. The number of ether oxygens (including phenoxy) is 1. The molecule has 3 heteroatoms. The molecule has 1 aliphatic rings. The van der Waals surface area contributed by atoms with Crippen molar-refractivity contribution in [2.75, 3.05) is 7.11 Å². The van der Waals surface area contributed by atoms with E-state index in [9.17, 15) is 9.18 Å². The topological polar surface area (TPSA) is 26.3 Å². The Morgan fingerprint density at radius 1 is 1.21 bits per heavy atom. The molecule has 0 heterocycles. The van der Waals surface area contributed by atoms with E-state index in [0.29, 0.717) is 17.4 Å². The van der Waals surface area contributed by atoms with Gasteiger partial charge in [0.15, 0.2) is 17.3 Å². The van der Waals surface area contributed by atoms with Gasteiger partial charge in [0.2, 0.25) is 0 Å². The van der Waals surface area contributed by atoms with Crippen LogP contribution >= 0.6 is 0 Å². The molecule has 0 N–H and O–H groups in total. The highest BCUT2D eigenvalue weighted by molar-refractivity contribution is 5.98. The van der Waals surface area contributed by atoms with Crippen LogP contribution in [0.25, 0.3) is 0 Å². The molecule has 1 fully saturated rings. The molecule has 2 unspecified atom stereocenters. The first-order chi connectivity index (χ1) is 9.01. The molecule has 1 saturated carbocycles. The Morgan fingerprint density at radius 3 is 2.42 bits per heavy atom. The summed E-state index contributed by atoms with van der Waals surface area (Å²) in [6, 6.07) is 4.38. The van der Waals surface area contributed by atoms with E-state index in [1.165, 1.54) is 25.7 Å². The van der Waals surface area contributed by atoms with E-state index in [0.717, 1.165) is 12.8 Å². The van der Waals surface area contributed by atoms with Crippen LogP contribution in [0.3, 0.4) is 0 Å². The lowest BCUT2D eigenvalue weighted by atomic mass is 9.74. The third-order valence-electron chi connectivity index (χ3n) is 3.98. The predicted octanol–water partition coefficient (Wildman–Crippen LogP) is 4.09. The standard InChI is InChI=1S/C16H21FO2/c1-10-6-11(2)8-13(7-10)16(18)12-4-5-14(17)15(9-12)19-3/h4-5,9-11,13H,6-8H2,1-3H3. The highest BCUT2D eigenvalue weighted by atomic mass is 19.1. The lowest BCUT2D eigenvalue weighted by Crippen LogP contribution is -2.26. The van der Waals surface area contributed by atoms with Gasteiger partial charge in [0, 0.05) is 11.5 Å². The number of hydrogen-bond donors (Lipinski definition) is 0. The van der Waals surface area contributed by atoms with Crippen LogP contribution < -0.4 is 4.74 Å². The minimum atomic E-state index is -0.426. The van der Waals surface area contributed by atoms with Crippen molar-refractivity contribution in [3.63, 3.8) is 0 Å². The Hall–Kier alpha value is -1.38. The maximum absolute atomic E-state index is 13.4. The maximum Gasteiger partial charge on any atom is 0.166 e. The molecule has 2 nitrogen and oxygen atoms in total. The van der Waals surface area contributed by atoms with Gasteiger partial charge in [-0.2, -0.15) is 0 Å². The van der Waals surface area contributed by atoms with Crippen molar-refractivity contribution in [1.29, 1.82) is 0 Å². The van der Waals surface area contributed by atoms with Crippen LogP contribution in [0.5, 0.6) is 5.75 Å². The molecule has 19 heavy (non-hydrogen) atoms. The number of Topliss-reactive ketones (excluding diaryl/α,β-unsaturated/α-hetero) is 1. The number of benzene rings is 1. The summed E-state index contributed by atoms with van der Waals surface area (Å²) in [5.41, 5.74) is 0.560. The van der Waals surface area contributed by atoms with Gasteiger partial charge in [0.1, 0.15) is 0 Å². The van der Waals surface area contributed by atoms with E-state index in [-0.39, 0.29) is 17.5 Å². The quantitative estimate of drug-likeness (QED) is 0.769. The fraction of sp³-hybridized carbons (Fsp3) is 0.562. The molecular formula is C16H21FO2. The average Bonchev–Trinajstić information content (AvgIpc) is 2.37. The third-order valence-corrected chi connectivity index (χ3v) is 3.98. The van der Waals surface area contributed by atoms with Crippen LogP contribution in [0.1, 0.15) is 43.5 Å². The first kappa shape index (κ1) is 14.0. The lowest BCUT2D eigenvalue weighted by Gasteiger charge is -2.30. The Balaban J connectivity index is 2.19. The van der Waals surface area contributed by atoms with Crippen LogP contribution in [-0.4, -0.2) is 12.9 Å². The summed E-state index contributed by atoms with van der Waals surface area (Å²) in [6.45, 7) is 4.39. The minimum Gasteiger partial charge on any atom is -0.494 e. The van der Waals surface area contributed by atoms with E-state index in [1.807, 2.05) is 0 Å². The Bertz CT molecular complexity index is 460. The fourth-order valence-corrected chi connectivity index (χ4v) is 3.21. The van der Waals surface area contributed by atoms with Crippen molar-refractivity contribution in [2.45, 2.75) is 33.1 Å². The molecule has 2 atom stereocenters. The molecule has 0 radical (unpaired) electrons. The van der Waals surface area contributed by atoms with Crippen molar-refractivity contribution < 1.29 is 13.9 Å². The van der Waals surface area contributed by atoms with Crippen molar-refractivity contribution in [3.05, 3.63) is 29.6 Å². The maximum atomic E-state index is 13.4. The number of ketones is 1. The van der Waals surface area contributed by atoms with Gasteiger partial charge in [-0.25, -0.2) is 4.39 Å². The van der Waals surface area contributed by atoms with E-state index in [4.69, 9.17) is 4.74 Å². The number of rotatable bonds is 3. The van der Waals surface area contributed by atoms with Crippen LogP contribution in [0.15, 0.2) is 18.2 Å². The van der Waals surface area contributed by atoms with Crippen LogP contribution in [-0.2, 0) is 0 Å². The van der Waals surface area contributed by atoms with Crippen LogP contribution in [0, 0.1) is 23.6 Å². The Labute approximate surface area is 114 Å². The van der Waals surface area contributed by atoms with Gasteiger partial charge in [-0.3, -0.25) is 4.79 Å². The van der Waals surface area contributed by atoms with Crippen molar-refractivity contribution in [1.82, 2.24) is 0 Å². The summed E-state index contributed by atoms with van der Waals surface area (Å²) < 4.78 is 18.3. The zero-order chi connectivity index (χ0) is 14.0. The van der Waals surface area contributed by atoms with E-state index in [1.54, 1.807) is 6.07 Å². The average molecular weight is 264 g/mol. The smallest absolute Gasteiger partial charge is 0.166 e. The number of halogens is 1. The summed E-state index contributed by atoms with van der Waals surface area (Å²) in [6.07, 6.45) is 3.06. The molecule has 0 spiro atoms. The molecule has 0 saturated heterocycles. The zero-order valence-electron chi connectivity index (χ0n) is 11.8. The van der Waals surface area contributed by atoms with Gasteiger partial charge in [0.25, 0.3) is 0 Å².